The monoisotopic (exact) mass is 256 g/mol. The molecule has 0 aromatic carbocycles. The molecule has 0 bridgehead atoms. The Kier molecular flexibility index (Phi) is 3.33. The highest BCUT2D eigenvalue weighted by molar-refractivity contribution is 5.05. The van der Waals surface area contributed by atoms with Crippen molar-refractivity contribution in [1.29, 1.82) is 0 Å². The van der Waals surface area contributed by atoms with Gasteiger partial charge in [0, 0.05) is 6.42 Å². The number of aliphatic hydroxyl groups is 3. The van der Waals surface area contributed by atoms with Crippen molar-refractivity contribution in [3.8, 4) is 0 Å². The summed E-state index contributed by atoms with van der Waals surface area (Å²) in [5, 5.41) is 30.8. The highest BCUT2D eigenvalue weighted by Crippen LogP contribution is 2.56. The van der Waals surface area contributed by atoms with Gasteiger partial charge in [0.15, 0.2) is 0 Å². The molecule has 3 nitrogen and oxygen atoms in total. The summed E-state index contributed by atoms with van der Waals surface area (Å²) >= 11 is 0. The highest BCUT2D eigenvalue weighted by atomic mass is 16.3. The second-order valence-corrected chi connectivity index (χ2v) is 7.75. The summed E-state index contributed by atoms with van der Waals surface area (Å²) in [4.78, 5) is 0. The minimum atomic E-state index is -0.809. The van der Waals surface area contributed by atoms with E-state index in [2.05, 4.69) is 6.92 Å². The number of hydrogen-bond donors (Lipinski definition) is 3. The van der Waals surface area contributed by atoms with Crippen LogP contribution >= 0.6 is 0 Å². The predicted octanol–water partition coefficient (Wildman–Crippen LogP) is 2.09. The molecule has 0 radical (unpaired) electrons. The van der Waals surface area contributed by atoms with Crippen molar-refractivity contribution < 1.29 is 15.3 Å². The molecule has 0 aromatic heterocycles. The van der Waals surface area contributed by atoms with E-state index in [1.807, 2.05) is 20.8 Å². The van der Waals surface area contributed by atoms with Gasteiger partial charge in [0.1, 0.15) is 0 Å². The van der Waals surface area contributed by atoms with Crippen molar-refractivity contribution in [1.82, 2.24) is 0 Å². The molecule has 5 unspecified atom stereocenters. The van der Waals surface area contributed by atoms with E-state index in [1.165, 1.54) is 0 Å². The van der Waals surface area contributed by atoms with E-state index < -0.39 is 11.2 Å². The molecule has 2 aliphatic carbocycles. The molecule has 0 amide bonds. The smallest absolute Gasteiger partial charge is 0.0677 e. The van der Waals surface area contributed by atoms with Gasteiger partial charge in [0.05, 0.1) is 17.3 Å². The molecule has 0 saturated heterocycles. The van der Waals surface area contributed by atoms with E-state index in [0.29, 0.717) is 6.42 Å². The fourth-order valence-corrected chi connectivity index (χ4v) is 4.49. The van der Waals surface area contributed by atoms with Gasteiger partial charge in [-0.15, -0.1) is 0 Å². The summed E-state index contributed by atoms with van der Waals surface area (Å²) in [6.45, 7) is 7.78. The first-order chi connectivity index (χ1) is 8.05. The molecule has 0 aromatic rings. The van der Waals surface area contributed by atoms with E-state index in [1.54, 1.807) is 0 Å². The predicted molar refractivity (Wildman–Crippen MR) is 71.1 cm³/mol. The van der Waals surface area contributed by atoms with Crippen LogP contribution in [0.25, 0.3) is 0 Å². The Hall–Kier alpha value is -0.120. The maximum Gasteiger partial charge on any atom is 0.0677 e. The maximum absolute atomic E-state index is 10.6. The Labute approximate surface area is 110 Å². The number of fused-ring (bicyclic) bond motifs is 1. The van der Waals surface area contributed by atoms with Gasteiger partial charge < -0.3 is 15.3 Å². The summed E-state index contributed by atoms with van der Waals surface area (Å²) in [6, 6.07) is 0. The minimum absolute atomic E-state index is 0.0168. The standard InChI is InChI=1S/C15H28O3/c1-13(2,17)10-5-6-14(3)8-11(16)9-15(4,18)12(14)7-10/h10-12,16-18H,5-9H2,1-4H3. The average molecular weight is 256 g/mol. The third kappa shape index (κ3) is 2.45. The van der Waals surface area contributed by atoms with Crippen LogP contribution in [0.1, 0.15) is 59.8 Å². The third-order valence-electron chi connectivity index (χ3n) is 5.53. The van der Waals surface area contributed by atoms with Gasteiger partial charge in [0.2, 0.25) is 0 Å². The quantitative estimate of drug-likeness (QED) is 0.673. The molecule has 0 heterocycles. The Balaban J connectivity index is 2.23. The Morgan fingerprint density at radius 2 is 1.78 bits per heavy atom. The van der Waals surface area contributed by atoms with Crippen LogP contribution in [0.3, 0.4) is 0 Å². The van der Waals surface area contributed by atoms with Gasteiger partial charge in [-0.3, -0.25) is 0 Å². The van der Waals surface area contributed by atoms with Crippen LogP contribution in [0.15, 0.2) is 0 Å². The van der Waals surface area contributed by atoms with Crippen LogP contribution in [0, 0.1) is 17.3 Å². The first-order valence-electron chi connectivity index (χ1n) is 7.17. The summed E-state index contributed by atoms with van der Waals surface area (Å²) < 4.78 is 0. The van der Waals surface area contributed by atoms with Gasteiger partial charge >= 0.3 is 0 Å². The van der Waals surface area contributed by atoms with Crippen LogP contribution in [-0.2, 0) is 0 Å². The van der Waals surface area contributed by atoms with Crippen molar-refractivity contribution >= 4 is 0 Å². The van der Waals surface area contributed by atoms with Crippen molar-refractivity contribution in [3.63, 3.8) is 0 Å². The first-order valence-corrected chi connectivity index (χ1v) is 7.17. The lowest BCUT2D eigenvalue weighted by atomic mass is 9.52. The summed E-state index contributed by atoms with van der Waals surface area (Å²) in [5.41, 5.74) is -1.47. The molecule has 106 valence electrons. The topological polar surface area (TPSA) is 60.7 Å². The molecule has 2 fully saturated rings. The molecule has 0 spiro atoms. The van der Waals surface area contributed by atoms with E-state index in [0.717, 1.165) is 25.7 Å². The lowest BCUT2D eigenvalue weighted by molar-refractivity contribution is -0.170. The second-order valence-electron chi connectivity index (χ2n) is 7.75. The SMILES string of the molecule is CC(C)(O)C1CCC2(C)CC(O)CC(C)(O)C2C1. The fraction of sp³-hybridized carbons (Fsp3) is 1.00. The molecule has 3 heteroatoms. The molecule has 2 rings (SSSR count). The molecule has 18 heavy (non-hydrogen) atoms. The molecule has 0 aliphatic heterocycles. The van der Waals surface area contributed by atoms with Gasteiger partial charge in [-0.1, -0.05) is 6.92 Å². The zero-order chi connectivity index (χ0) is 13.8. The zero-order valence-corrected chi connectivity index (χ0v) is 12.1. The van der Waals surface area contributed by atoms with E-state index in [4.69, 9.17) is 0 Å². The summed E-state index contributed by atoms with van der Waals surface area (Å²) in [5.74, 6) is 0.427. The lowest BCUT2D eigenvalue weighted by Crippen LogP contribution is -2.56. The van der Waals surface area contributed by atoms with E-state index in [9.17, 15) is 15.3 Å². The fourth-order valence-electron chi connectivity index (χ4n) is 4.49. The van der Waals surface area contributed by atoms with Crippen molar-refractivity contribution in [2.75, 3.05) is 0 Å². The van der Waals surface area contributed by atoms with Crippen molar-refractivity contribution in [3.05, 3.63) is 0 Å². The first kappa shape index (κ1) is 14.3. The van der Waals surface area contributed by atoms with Crippen LogP contribution in [0.5, 0.6) is 0 Å². The minimum Gasteiger partial charge on any atom is -0.393 e. The third-order valence-corrected chi connectivity index (χ3v) is 5.53. The molecular weight excluding hydrogens is 228 g/mol. The lowest BCUT2D eigenvalue weighted by Gasteiger charge is -2.56. The number of rotatable bonds is 1. The highest BCUT2D eigenvalue weighted by Gasteiger charge is 2.54. The molecule has 3 N–H and O–H groups in total. The zero-order valence-electron chi connectivity index (χ0n) is 12.1. The van der Waals surface area contributed by atoms with Crippen molar-refractivity contribution in [2.24, 2.45) is 17.3 Å². The van der Waals surface area contributed by atoms with Crippen LogP contribution < -0.4 is 0 Å². The van der Waals surface area contributed by atoms with E-state index in [-0.39, 0.29) is 23.4 Å². The van der Waals surface area contributed by atoms with Gasteiger partial charge in [0.25, 0.3) is 0 Å². The molecular formula is C15H28O3. The normalized spacial score (nSPS) is 49.8. The number of aliphatic hydroxyl groups excluding tert-OH is 1. The van der Waals surface area contributed by atoms with E-state index >= 15 is 0 Å². The summed E-state index contributed by atoms with van der Waals surface area (Å²) in [7, 11) is 0. The van der Waals surface area contributed by atoms with Gasteiger partial charge in [-0.25, -0.2) is 0 Å². The average Bonchev–Trinajstić information content (AvgIpc) is 2.12. The van der Waals surface area contributed by atoms with Crippen LogP contribution in [0.2, 0.25) is 0 Å². The maximum atomic E-state index is 10.6. The Bertz CT molecular complexity index is 318. The largest absolute Gasteiger partial charge is 0.393 e. The Morgan fingerprint density at radius 1 is 1.17 bits per heavy atom. The van der Waals surface area contributed by atoms with Crippen molar-refractivity contribution in [2.45, 2.75) is 77.1 Å². The Morgan fingerprint density at radius 3 is 2.33 bits per heavy atom. The second kappa shape index (κ2) is 4.19. The number of hydrogen-bond acceptors (Lipinski definition) is 3. The van der Waals surface area contributed by atoms with Crippen LogP contribution in [-0.4, -0.2) is 32.6 Å². The molecule has 2 aliphatic rings. The summed E-state index contributed by atoms with van der Waals surface area (Å²) in [6.07, 6.45) is 3.69. The molecule has 5 atom stereocenters. The molecule has 2 saturated carbocycles. The van der Waals surface area contributed by atoms with Crippen LogP contribution in [0.4, 0.5) is 0 Å². The van der Waals surface area contributed by atoms with Gasteiger partial charge in [-0.2, -0.15) is 0 Å². The van der Waals surface area contributed by atoms with Gasteiger partial charge in [-0.05, 0) is 63.7 Å².